The van der Waals surface area contributed by atoms with Crippen molar-refractivity contribution in [2.45, 2.75) is 39.2 Å². The maximum absolute atomic E-state index is 12.2. The Morgan fingerprint density at radius 1 is 1.30 bits per heavy atom. The van der Waals surface area contributed by atoms with Crippen molar-refractivity contribution >= 4 is 17.6 Å². The number of amides is 1. The number of carbonyl (C=O) groups is 2. The van der Waals surface area contributed by atoms with E-state index in [9.17, 15) is 24.8 Å². The Labute approximate surface area is 156 Å². The lowest BCUT2D eigenvalue weighted by atomic mass is 9.82. The van der Waals surface area contributed by atoms with Crippen LogP contribution in [0.4, 0.5) is 5.69 Å². The number of carbonyl (C=O) groups excluding carboxylic acids is 1. The van der Waals surface area contributed by atoms with Gasteiger partial charge in [-0.05, 0) is 26.3 Å². The van der Waals surface area contributed by atoms with Crippen LogP contribution in [0.3, 0.4) is 0 Å². The largest absolute Gasteiger partial charge is 0.481 e. The Balaban J connectivity index is 2.01. The Morgan fingerprint density at radius 3 is 2.44 bits per heavy atom. The molecular formula is C18H22N4O5. The predicted molar refractivity (Wildman–Crippen MR) is 97.4 cm³/mol. The summed E-state index contributed by atoms with van der Waals surface area (Å²) in [7, 11) is 0. The summed E-state index contributed by atoms with van der Waals surface area (Å²) < 4.78 is 1.42. The molecule has 0 spiro atoms. The third-order valence-corrected chi connectivity index (χ3v) is 4.60. The SMILES string of the molecule is Cc1nn(CCC(=O)NCC(C)(C(=O)O)c2ccccc2)c(C)c1[N+](=O)[O-]. The molecule has 27 heavy (non-hydrogen) atoms. The fraction of sp³-hybridized carbons (Fsp3) is 0.389. The summed E-state index contributed by atoms with van der Waals surface area (Å²) in [4.78, 5) is 34.4. The first-order valence-electron chi connectivity index (χ1n) is 8.41. The molecule has 2 N–H and O–H groups in total. The highest BCUT2D eigenvalue weighted by molar-refractivity contribution is 5.83. The lowest BCUT2D eigenvalue weighted by Crippen LogP contribution is -2.44. The van der Waals surface area contributed by atoms with Gasteiger partial charge in [-0.1, -0.05) is 30.3 Å². The minimum Gasteiger partial charge on any atom is -0.481 e. The van der Waals surface area contributed by atoms with Gasteiger partial charge in [0, 0.05) is 13.0 Å². The van der Waals surface area contributed by atoms with E-state index in [0.29, 0.717) is 17.0 Å². The number of hydrogen-bond acceptors (Lipinski definition) is 5. The number of aryl methyl sites for hydroxylation is 2. The lowest BCUT2D eigenvalue weighted by Gasteiger charge is -2.25. The van der Waals surface area contributed by atoms with Crippen molar-refractivity contribution in [3.05, 3.63) is 57.4 Å². The summed E-state index contributed by atoms with van der Waals surface area (Å²) in [6.45, 7) is 4.77. The summed E-state index contributed by atoms with van der Waals surface area (Å²) in [5, 5.41) is 27.4. The fourth-order valence-corrected chi connectivity index (χ4v) is 2.85. The number of nitrogens with one attached hydrogen (secondary N) is 1. The van der Waals surface area contributed by atoms with Crippen molar-refractivity contribution < 1.29 is 19.6 Å². The van der Waals surface area contributed by atoms with Crippen LogP contribution in [-0.2, 0) is 21.5 Å². The number of carboxylic acids is 1. The van der Waals surface area contributed by atoms with Gasteiger partial charge in [-0.3, -0.25) is 24.4 Å². The van der Waals surface area contributed by atoms with E-state index in [-0.39, 0.29) is 31.1 Å². The normalized spacial score (nSPS) is 13.0. The molecule has 1 heterocycles. The molecular weight excluding hydrogens is 352 g/mol. The molecule has 0 radical (unpaired) electrons. The second-order valence-corrected chi connectivity index (χ2v) is 6.53. The molecule has 1 aromatic carbocycles. The van der Waals surface area contributed by atoms with E-state index in [1.807, 2.05) is 0 Å². The van der Waals surface area contributed by atoms with Gasteiger partial charge in [0.2, 0.25) is 5.91 Å². The molecule has 1 unspecified atom stereocenters. The van der Waals surface area contributed by atoms with Gasteiger partial charge in [-0.2, -0.15) is 5.10 Å². The monoisotopic (exact) mass is 374 g/mol. The summed E-state index contributed by atoms with van der Waals surface area (Å²) in [5.74, 6) is -1.39. The molecule has 144 valence electrons. The number of hydrogen-bond donors (Lipinski definition) is 2. The molecule has 2 aromatic rings. The third kappa shape index (κ3) is 4.30. The van der Waals surface area contributed by atoms with E-state index in [4.69, 9.17) is 0 Å². The molecule has 1 amide bonds. The average Bonchev–Trinajstić information content (AvgIpc) is 2.92. The van der Waals surface area contributed by atoms with Crippen LogP contribution in [0.15, 0.2) is 30.3 Å². The Kier molecular flexibility index (Phi) is 5.94. The van der Waals surface area contributed by atoms with Crippen molar-refractivity contribution in [2.24, 2.45) is 0 Å². The van der Waals surface area contributed by atoms with Crippen LogP contribution in [-0.4, -0.2) is 38.2 Å². The van der Waals surface area contributed by atoms with Crippen LogP contribution in [0.2, 0.25) is 0 Å². The molecule has 0 bridgehead atoms. The predicted octanol–water partition coefficient (Wildman–Crippen LogP) is 1.96. The van der Waals surface area contributed by atoms with E-state index in [1.54, 1.807) is 51.1 Å². The number of benzene rings is 1. The number of aliphatic carboxylic acids is 1. The Bertz CT molecular complexity index is 862. The average molecular weight is 374 g/mol. The minimum absolute atomic E-state index is 0.0314. The van der Waals surface area contributed by atoms with Crippen molar-refractivity contribution in [1.82, 2.24) is 15.1 Å². The standard InChI is InChI=1S/C18H22N4O5/c1-12-16(22(26)27)13(2)21(20-12)10-9-15(23)19-11-18(3,17(24)25)14-7-5-4-6-8-14/h4-8H,9-11H2,1-3H3,(H,19,23)(H,24,25). The van der Waals surface area contributed by atoms with Crippen LogP contribution in [0, 0.1) is 24.0 Å². The van der Waals surface area contributed by atoms with Gasteiger partial charge in [0.15, 0.2) is 0 Å². The Morgan fingerprint density at radius 2 is 1.93 bits per heavy atom. The summed E-state index contributed by atoms with van der Waals surface area (Å²) in [6.07, 6.45) is 0.0314. The number of aromatic nitrogens is 2. The smallest absolute Gasteiger partial charge is 0.315 e. The molecule has 1 aromatic heterocycles. The van der Waals surface area contributed by atoms with E-state index in [2.05, 4.69) is 10.4 Å². The van der Waals surface area contributed by atoms with E-state index >= 15 is 0 Å². The lowest BCUT2D eigenvalue weighted by molar-refractivity contribution is -0.386. The molecule has 0 saturated heterocycles. The van der Waals surface area contributed by atoms with Crippen LogP contribution >= 0.6 is 0 Å². The minimum atomic E-state index is -1.26. The Hall–Kier alpha value is -3.23. The van der Waals surface area contributed by atoms with Crippen molar-refractivity contribution in [3.8, 4) is 0 Å². The summed E-state index contributed by atoms with van der Waals surface area (Å²) in [6, 6.07) is 8.69. The van der Waals surface area contributed by atoms with Crippen LogP contribution in [0.1, 0.15) is 30.3 Å². The second kappa shape index (κ2) is 7.98. The molecule has 0 aliphatic heterocycles. The van der Waals surface area contributed by atoms with Gasteiger partial charge < -0.3 is 10.4 Å². The van der Waals surface area contributed by atoms with Gasteiger partial charge in [-0.15, -0.1) is 0 Å². The second-order valence-electron chi connectivity index (χ2n) is 6.53. The molecule has 9 heteroatoms. The van der Waals surface area contributed by atoms with E-state index in [1.165, 1.54) is 4.68 Å². The topological polar surface area (TPSA) is 127 Å². The molecule has 0 aliphatic rings. The van der Waals surface area contributed by atoms with Crippen LogP contribution < -0.4 is 5.32 Å². The van der Waals surface area contributed by atoms with Gasteiger partial charge in [0.05, 0.1) is 11.5 Å². The third-order valence-electron chi connectivity index (χ3n) is 4.60. The maximum Gasteiger partial charge on any atom is 0.315 e. The number of nitrogens with zero attached hydrogens (tertiary/aromatic N) is 3. The zero-order valence-electron chi connectivity index (χ0n) is 15.4. The molecule has 2 rings (SSSR count). The number of rotatable bonds is 8. The van der Waals surface area contributed by atoms with Crippen LogP contribution in [0.5, 0.6) is 0 Å². The highest BCUT2D eigenvalue weighted by Crippen LogP contribution is 2.24. The van der Waals surface area contributed by atoms with Crippen molar-refractivity contribution in [3.63, 3.8) is 0 Å². The highest BCUT2D eigenvalue weighted by Gasteiger charge is 2.35. The summed E-state index contributed by atoms with van der Waals surface area (Å²) >= 11 is 0. The molecule has 0 aliphatic carbocycles. The number of nitro groups is 1. The molecule has 9 nitrogen and oxygen atoms in total. The molecule has 0 fully saturated rings. The zero-order valence-corrected chi connectivity index (χ0v) is 15.4. The first-order chi connectivity index (χ1) is 12.7. The maximum atomic E-state index is 12.2. The van der Waals surface area contributed by atoms with Gasteiger partial charge in [0.25, 0.3) is 0 Å². The molecule has 0 saturated carbocycles. The van der Waals surface area contributed by atoms with Gasteiger partial charge in [0.1, 0.15) is 16.8 Å². The quantitative estimate of drug-likeness (QED) is 0.537. The van der Waals surface area contributed by atoms with E-state index < -0.39 is 16.3 Å². The first kappa shape index (κ1) is 20.1. The fourth-order valence-electron chi connectivity index (χ4n) is 2.85. The zero-order chi connectivity index (χ0) is 20.2. The first-order valence-corrected chi connectivity index (χ1v) is 8.41. The summed E-state index contributed by atoms with van der Waals surface area (Å²) in [5.41, 5.74) is -0.0521. The van der Waals surface area contributed by atoms with E-state index in [0.717, 1.165) is 0 Å². The van der Waals surface area contributed by atoms with Gasteiger partial charge in [-0.25, -0.2) is 0 Å². The molecule has 1 atom stereocenters. The van der Waals surface area contributed by atoms with Gasteiger partial charge >= 0.3 is 11.7 Å². The van der Waals surface area contributed by atoms with Crippen molar-refractivity contribution in [1.29, 1.82) is 0 Å². The highest BCUT2D eigenvalue weighted by atomic mass is 16.6. The van der Waals surface area contributed by atoms with Crippen LogP contribution in [0.25, 0.3) is 0 Å². The van der Waals surface area contributed by atoms with Crippen molar-refractivity contribution in [2.75, 3.05) is 6.54 Å². The number of carboxylic acid groups (broad SMARTS) is 1.